The Bertz CT molecular complexity index is 1030. The van der Waals surface area contributed by atoms with Crippen molar-refractivity contribution in [1.29, 1.82) is 0 Å². The summed E-state index contributed by atoms with van der Waals surface area (Å²) in [7, 11) is 1.53. The van der Waals surface area contributed by atoms with Crippen molar-refractivity contribution < 1.29 is 24.2 Å². The van der Waals surface area contributed by atoms with E-state index in [1.54, 1.807) is 29.2 Å². The molecule has 0 bridgehead atoms. The normalized spacial score (nSPS) is 20.7. The molecule has 1 saturated carbocycles. The molecule has 1 aliphatic heterocycles. The summed E-state index contributed by atoms with van der Waals surface area (Å²) in [6, 6.07) is 16.6. The zero-order valence-corrected chi connectivity index (χ0v) is 19.6. The van der Waals surface area contributed by atoms with Crippen molar-refractivity contribution in [3.05, 3.63) is 65.7 Å². The van der Waals surface area contributed by atoms with Gasteiger partial charge in [0.25, 0.3) is 0 Å². The Morgan fingerprint density at radius 1 is 1.09 bits per heavy atom. The molecule has 3 amide bonds. The minimum Gasteiger partial charge on any atom is -0.496 e. The van der Waals surface area contributed by atoms with Crippen LogP contribution < -0.4 is 4.74 Å². The van der Waals surface area contributed by atoms with Crippen LogP contribution in [0.1, 0.15) is 49.7 Å². The molecule has 1 atom stereocenters. The summed E-state index contributed by atoms with van der Waals surface area (Å²) in [6.07, 6.45) is 3.37. The maximum absolute atomic E-state index is 14.0. The van der Waals surface area contributed by atoms with Gasteiger partial charge in [0.2, 0.25) is 17.7 Å². The van der Waals surface area contributed by atoms with Gasteiger partial charge in [-0.25, -0.2) is 0 Å². The Hall–Kier alpha value is -3.19. The number of para-hydroxylation sites is 1. The monoisotopic (exact) mass is 464 g/mol. The molecule has 0 aromatic heterocycles. The number of carbonyl (C=O) groups is 3. The van der Waals surface area contributed by atoms with Crippen LogP contribution in [0, 0.1) is 0 Å². The maximum Gasteiger partial charge on any atom is 0.241 e. The second-order valence-corrected chi connectivity index (χ2v) is 9.17. The highest BCUT2D eigenvalue weighted by Gasteiger charge is 2.56. The van der Waals surface area contributed by atoms with Gasteiger partial charge in [-0.15, -0.1) is 0 Å². The Morgan fingerprint density at radius 2 is 1.76 bits per heavy atom. The number of rotatable bonds is 9. The SMILES string of the molecule is COc1ccccc1[C@@]1(CC(=O)N(CCO)Cc2ccccc2)CC(=O)N(C2CCCC2)C1=O. The number of hydrogen-bond acceptors (Lipinski definition) is 5. The van der Waals surface area contributed by atoms with Crippen LogP contribution in [0.15, 0.2) is 54.6 Å². The Kier molecular flexibility index (Phi) is 7.32. The van der Waals surface area contributed by atoms with Gasteiger partial charge in [0.1, 0.15) is 5.75 Å². The summed E-state index contributed by atoms with van der Waals surface area (Å²) >= 11 is 0. The van der Waals surface area contributed by atoms with Gasteiger partial charge in [-0.2, -0.15) is 0 Å². The average molecular weight is 465 g/mol. The number of carbonyl (C=O) groups excluding carboxylic acids is 3. The molecular formula is C27H32N2O5. The van der Waals surface area contributed by atoms with Crippen LogP contribution in [0.3, 0.4) is 0 Å². The number of imide groups is 1. The molecular weight excluding hydrogens is 432 g/mol. The fraction of sp³-hybridized carbons (Fsp3) is 0.444. The van der Waals surface area contributed by atoms with Gasteiger partial charge in [-0.05, 0) is 24.5 Å². The van der Waals surface area contributed by atoms with Crippen LogP contribution in [-0.2, 0) is 26.3 Å². The lowest BCUT2D eigenvalue weighted by Gasteiger charge is -2.32. The van der Waals surface area contributed by atoms with Crippen molar-refractivity contribution in [2.45, 2.75) is 56.5 Å². The molecule has 2 fully saturated rings. The number of hydrogen-bond donors (Lipinski definition) is 1. The number of methoxy groups -OCH3 is 1. The van der Waals surface area contributed by atoms with Crippen molar-refractivity contribution in [3.63, 3.8) is 0 Å². The Labute approximate surface area is 200 Å². The van der Waals surface area contributed by atoms with Crippen LogP contribution in [0.2, 0.25) is 0 Å². The van der Waals surface area contributed by atoms with Crippen LogP contribution in [0.5, 0.6) is 5.75 Å². The number of likely N-dealkylation sites (tertiary alicyclic amines) is 1. The first-order valence-electron chi connectivity index (χ1n) is 11.9. The maximum atomic E-state index is 14.0. The molecule has 1 N–H and O–H groups in total. The van der Waals surface area contributed by atoms with Gasteiger partial charge in [0, 0.05) is 37.5 Å². The number of nitrogens with zero attached hydrogens (tertiary/aromatic N) is 2. The third kappa shape index (κ3) is 4.57. The lowest BCUT2D eigenvalue weighted by Crippen LogP contribution is -2.46. The van der Waals surface area contributed by atoms with Gasteiger partial charge in [0.15, 0.2) is 0 Å². The highest BCUT2D eigenvalue weighted by molar-refractivity contribution is 6.11. The predicted molar refractivity (Wildman–Crippen MR) is 127 cm³/mol. The standard InChI is InChI=1S/C27H32N2O5/c1-34-23-14-8-7-13-22(23)27(18-25(32)29(26(27)33)21-11-5-6-12-21)17-24(31)28(15-16-30)19-20-9-3-2-4-10-20/h2-4,7-10,13-14,21,30H,5-6,11-12,15-19H2,1H3/t27-/m1/s1. The zero-order chi connectivity index (χ0) is 24.1. The fourth-order valence-corrected chi connectivity index (χ4v) is 5.36. The molecule has 1 heterocycles. The lowest BCUT2D eigenvalue weighted by atomic mass is 9.75. The fourth-order valence-electron chi connectivity index (χ4n) is 5.36. The number of amides is 3. The molecule has 180 valence electrons. The van der Waals surface area contributed by atoms with E-state index in [0.29, 0.717) is 17.9 Å². The first kappa shape index (κ1) is 24.0. The van der Waals surface area contributed by atoms with E-state index in [4.69, 9.17) is 4.74 Å². The average Bonchev–Trinajstić information content (AvgIpc) is 3.46. The van der Waals surface area contributed by atoms with E-state index in [-0.39, 0.29) is 49.8 Å². The minimum absolute atomic E-state index is 0.0627. The molecule has 4 rings (SSSR count). The highest BCUT2D eigenvalue weighted by atomic mass is 16.5. The minimum atomic E-state index is -1.33. The van der Waals surface area contributed by atoms with Crippen LogP contribution in [0.25, 0.3) is 0 Å². The molecule has 7 heteroatoms. The van der Waals surface area contributed by atoms with Crippen LogP contribution in [0.4, 0.5) is 0 Å². The van der Waals surface area contributed by atoms with Gasteiger partial charge in [-0.1, -0.05) is 61.4 Å². The third-order valence-electron chi connectivity index (χ3n) is 7.05. The largest absolute Gasteiger partial charge is 0.496 e. The van der Waals surface area contributed by atoms with E-state index in [0.717, 1.165) is 31.2 Å². The lowest BCUT2D eigenvalue weighted by molar-refractivity contribution is -0.145. The van der Waals surface area contributed by atoms with Crippen molar-refractivity contribution in [3.8, 4) is 5.75 Å². The highest BCUT2D eigenvalue weighted by Crippen LogP contribution is 2.46. The first-order valence-corrected chi connectivity index (χ1v) is 11.9. The number of aliphatic hydroxyl groups is 1. The third-order valence-corrected chi connectivity index (χ3v) is 7.05. The number of aliphatic hydroxyl groups excluding tert-OH is 1. The zero-order valence-electron chi connectivity index (χ0n) is 19.6. The second kappa shape index (κ2) is 10.4. The molecule has 7 nitrogen and oxygen atoms in total. The molecule has 2 aliphatic rings. The predicted octanol–water partition coefficient (Wildman–Crippen LogP) is 3.05. The second-order valence-electron chi connectivity index (χ2n) is 9.17. The molecule has 2 aromatic rings. The van der Waals surface area contributed by atoms with E-state index < -0.39 is 5.41 Å². The van der Waals surface area contributed by atoms with E-state index in [9.17, 15) is 19.5 Å². The topological polar surface area (TPSA) is 87.2 Å². The molecule has 0 unspecified atom stereocenters. The Balaban J connectivity index is 1.70. The van der Waals surface area contributed by atoms with Gasteiger partial charge < -0.3 is 14.7 Å². The van der Waals surface area contributed by atoms with Crippen molar-refractivity contribution in [1.82, 2.24) is 9.80 Å². The van der Waals surface area contributed by atoms with E-state index in [2.05, 4.69) is 0 Å². The summed E-state index contributed by atoms with van der Waals surface area (Å²) in [5.41, 5.74) is 0.165. The molecule has 1 aliphatic carbocycles. The summed E-state index contributed by atoms with van der Waals surface area (Å²) < 4.78 is 5.57. The van der Waals surface area contributed by atoms with Gasteiger partial charge in [0.05, 0.1) is 19.1 Å². The Morgan fingerprint density at radius 3 is 2.44 bits per heavy atom. The van der Waals surface area contributed by atoms with E-state index >= 15 is 0 Å². The molecule has 1 saturated heterocycles. The molecule has 2 aromatic carbocycles. The molecule has 0 spiro atoms. The summed E-state index contributed by atoms with van der Waals surface area (Å²) in [6.45, 7) is 0.266. The first-order chi connectivity index (χ1) is 16.5. The van der Waals surface area contributed by atoms with Crippen LogP contribution >= 0.6 is 0 Å². The number of benzene rings is 2. The van der Waals surface area contributed by atoms with Crippen molar-refractivity contribution in [2.75, 3.05) is 20.3 Å². The number of ether oxygens (including phenoxy) is 1. The summed E-state index contributed by atoms with van der Waals surface area (Å²) in [5, 5.41) is 9.62. The summed E-state index contributed by atoms with van der Waals surface area (Å²) in [4.78, 5) is 43.8. The smallest absolute Gasteiger partial charge is 0.241 e. The summed E-state index contributed by atoms with van der Waals surface area (Å²) in [5.74, 6) is -0.335. The van der Waals surface area contributed by atoms with E-state index in [1.807, 2.05) is 30.3 Å². The van der Waals surface area contributed by atoms with Crippen molar-refractivity contribution in [2.24, 2.45) is 0 Å². The molecule has 34 heavy (non-hydrogen) atoms. The molecule has 0 radical (unpaired) electrons. The van der Waals surface area contributed by atoms with Gasteiger partial charge >= 0.3 is 0 Å². The van der Waals surface area contributed by atoms with Crippen molar-refractivity contribution >= 4 is 17.7 Å². The van der Waals surface area contributed by atoms with Crippen LogP contribution in [-0.4, -0.2) is 58.9 Å². The van der Waals surface area contributed by atoms with Gasteiger partial charge in [-0.3, -0.25) is 19.3 Å². The quantitative estimate of drug-likeness (QED) is 0.577. The van der Waals surface area contributed by atoms with E-state index in [1.165, 1.54) is 12.0 Å².